The highest BCUT2D eigenvalue weighted by molar-refractivity contribution is 8.03. The summed E-state index contributed by atoms with van der Waals surface area (Å²) >= 11 is 7.05. The molecule has 1 aliphatic carbocycles. The van der Waals surface area contributed by atoms with Crippen LogP contribution in [0.1, 0.15) is 12.8 Å². The Bertz CT molecular complexity index is 669. The fourth-order valence-corrected chi connectivity index (χ4v) is 3.03. The molecular weight excluding hydrogens is 324 g/mol. The molecular formula is C15H13ClN2O3S. The molecule has 0 spiro atoms. The Balaban J connectivity index is 2.13. The molecule has 5 nitrogen and oxygen atoms in total. The van der Waals surface area contributed by atoms with Crippen LogP contribution in [0.15, 0.2) is 35.2 Å². The van der Waals surface area contributed by atoms with Crippen molar-refractivity contribution in [3.05, 3.63) is 35.4 Å². The number of carboxylic acids is 1. The number of thioether (sulfide) groups is 1. The molecule has 22 heavy (non-hydrogen) atoms. The van der Waals surface area contributed by atoms with Crippen molar-refractivity contribution >= 4 is 40.9 Å². The van der Waals surface area contributed by atoms with Gasteiger partial charge < -0.3 is 10.4 Å². The Kier molecular flexibility index (Phi) is 5.47. The first kappa shape index (κ1) is 16.4. The summed E-state index contributed by atoms with van der Waals surface area (Å²) in [5.74, 6) is -2.68. The number of allylic oxidation sites excluding steroid dienone is 2. The van der Waals surface area contributed by atoms with Crippen molar-refractivity contribution in [3.8, 4) is 5.40 Å². The average molecular weight is 337 g/mol. The Morgan fingerprint density at radius 1 is 1.32 bits per heavy atom. The van der Waals surface area contributed by atoms with Gasteiger partial charge in [0.25, 0.3) is 0 Å². The zero-order valence-electron chi connectivity index (χ0n) is 11.5. The SMILES string of the molecule is N#CSc1ccc(NC(=O)[C@H]2CC=CC[C@@H]2C(=O)O)c(Cl)c1. The van der Waals surface area contributed by atoms with Crippen LogP contribution in [0.2, 0.25) is 5.02 Å². The summed E-state index contributed by atoms with van der Waals surface area (Å²) in [5, 5.41) is 22.7. The van der Waals surface area contributed by atoms with Gasteiger partial charge in [0.2, 0.25) is 5.91 Å². The third-order valence-corrected chi connectivity index (χ3v) is 4.34. The molecule has 0 saturated heterocycles. The summed E-state index contributed by atoms with van der Waals surface area (Å²) in [4.78, 5) is 24.2. The molecule has 0 aromatic heterocycles. The number of nitriles is 1. The first-order valence-electron chi connectivity index (χ1n) is 6.57. The van der Waals surface area contributed by atoms with Crippen LogP contribution in [-0.4, -0.2) is 17.0 Å². The van der Waals surface area contributed by atoms with Gasteiger partial charge in [-0.25, -0.2) is 0 Å². The van der Waals surface area contributed by atoms with Crippen LogP contribution in [0.25, 0.3) is 0 Å². The van der Waals surface area contributed by atoms with Crippen molar-refractivity contribution in [3.63, 3.8) is 0 Å². The topological polar surface area (TPSA) is 90.2 Å². The largest absolute Gasteiger partial charge is 0.481 e. The van der Waals surface area contributed by atoms with Crippen LogP contribution in [-0.2, 0) is 9.59 Å². The van der Waals surface area contributed by atoms with Crippen LogP contribution < -0.4 is 5.32 Å². The van der Waals surface area contributed by atoms with Crippen molar-refractivity contribution in [2.24, 2.45) is 11.8 Å². The number of nitrogens with zero attached hydrogens (tertiary/aromatic N) is 1. The quantitative estimate of drug-likeness (QED) is 0.498. The van der Waals surface area contributed by atoms with E-state index in [-0.39, 0.29) is 5.91 Å². The summed E-state index contributed by atoms with van der Waals surface area (Å²) in [6.07, 6.45) is 4.34. The number of benzene rings is 1. The lowest BCUT2D eigenvalue weighted by molar-refractivity contribution is -0.146. The second-order valence-electron chi connectivity index (χ2n) is 4.82. The standard InChI is InChI=1S/C15H13ClN2O3S/c16-12-7-9(22-8-17)5-6-13(12)18-14(19)10-3-1-2-4-11(10)15(20)21/h1-2,5-7,10-11H,3-4H2,(H,18,19)(H,20,21)/t10-,11-/m0/s1. The molecule has 114 valence electrons. The lowest BCUT2D eigenvalue weighted by Gasteiger charge is -2.24. The number of nitrogens with one attached hydrogen (secondary N) is 1. The monoisotopic (exact) mass is 336 g/mol. The number of hydrogen-bond donors (Lipinski definition) is 2. The van der Waals surface area contributed by atoms with Gasteiger partial charge >= 0.3 is 5.97 Å². The van der Waals surface area contributed by atoms with E-state index in [4.69, 9.17) is 16.9 Å². The molecule has 1 aromatic rings. The van der Waals surface area contributed by atoms with Crippen LogP contribution in [0.5, 0.6) is 0 Å². The number of rotatable bonds is 4. The van der Waals surface area contributed by atoms with E-state index >= 15 is 0 Å². The summed E-state index contributed by atoms with van der Waals surface area (Å²) in [6.45, 7) is 0. The first-order chi connectivity index (χ1) is 10.5. The van der Waals surface area contributed by atoms with E-state index in [1.165, 1.54) is 0 Å². The van der Waals surface area contributed by atoms with Crippen LogP contribution in [0.3, 0.4) is 0 Å². The fraction of sp³-hybridized carbons (Fsp3) is 0.267. The number of amides is 1. The highest BCUT2D eigenvalue weighted by atomic mass is 35.5. The predicted molar refractivity (Wildman–Crippen MR) is 84.5 cm³/mol. The third-order valence-electron chi connectivity index (χ3n) is 3.45. The van der Waals surface area contributed by atoms with Gasteiger partial charge in [-0.05, 0) is 42.8 Å². The molecule has 0 bridgehead atoms. The van der Waals surface area contributed by atoms with Crippen molar-refractivity contribution in [2.45, 2.75) is 17.7 Å². The van der Waals surface area contributed by atoms with Gasteiger partial charge in [-0.15, -0.1) is 0 Å². The number of carbonyl (C=O) groups excluding carboxylic acids is 1. The first-order valence-corrected chi connectivity index (χ1v) is 7.76. The lowest BCUT2D eigenvalue weighted by atomic mass is 9.82. The summed E-state index contributed by atoms with van der Waals surface area (Å²) in [5.41, 5.74) is 0.410. The second-order valence-corrected chi connectivity index (χ2v) is 6.08. The van der Waals surface area contributed by atoms with Gasteiger partial charge in [-0.2, -0.15) is 5.26 Å². The molecule has 0 unspecified atom stereocenters. The average Bonchev–Trinajstić information content (AvgIpc) is 2.50. The number of thiocyanates is 1. The van der Waals surface area contributed by atoms with Gasteiger partial charge in [-0.1, -0.05) is 23.8 Å². The normalized spacial score (nSPS) is 20.2. The highest BCUT2D eigenvalue weighted by Crippen LogP contribution is 2.31. The number of anilines is 1. The Labute approximate surface area is 137 Å². The maximum Gasteiger partial charge on any atom is 0.307 e. The van der Waals surface area contributed by atoms with E-state index in [1.807, 2.05) is 11.5 Å². The fourth-order valence-electron chi connectivity index (χ4n) is 2.32. The molecule has 0 fully saturated rings. The van der Waals surface area contributed by atoms with E-state index in [0.29, 0.717) is 28.4 Å². The number of carboxylic acid groups (broad SMARTS) is 1. The minimum atomic E-state index is -0.976. The van der Waals surface area contributed by atoms with E-state index in [2.05, 4.69) is 5.32 Å². The second kappa shape index (κ2) is 7.34. The molecule has 1 aliphatic rings. The maximum atomic E-state index is 12.3. The molecule has 0 aliphatic heterocycles. The lowest BCUT2D eigenvalue weighted by Crippen LogP contribution is -2.34. The predicted octanol–water partition coefficient (Wildman–Crippen LogP) is 3.52. The molecule has 1 aromatic carbocycles. The van der Waals surface area contributed by atoms with Gasteiger partial charge in [0, 0.05) is 4.90 Å². The van der Waals surface area contributed by atoms with Gasteiger partial charge in [0.05, 0.1) is 22.5 Å². The molecule has 0 heterocycles. The molecule has 7 heteroatoms. The van der Waals surface area contributed by atoms with Gasteiger partial charge in [0.15, 0.2) is 0 Å². The van der Waals surface area contributed by atoms with Crippen LogP contribution in [0, 0.1) is 22.5 Å². The molecule has 2 rings (SSSR count). The number of halogens is 1. The highest BCUT2D eigenvalue weighted by Gasteiger charge is 2.34. The molecule has 0 radical (unpaired) electrons. The van der Waals surface area contributed by atoms with Crippen molar-refractivity contribution in [2.75, 3.05) is 5.32 Å². The Hall–Kier alpha value is -1.97. The minimum Gasteiger partial charge on any atom is -0.481 e. The zero-order valence-corrected chi connectivity index (χ0v) is 13.0. The van der Waals surface area contributed by atoms with Crippen molar-refractivity contribution in [1.29, 1.82) is 5.26 Å². The smallest absolute Gasteiger partial charge is 0.307 e. The Morgan fingerprint density at radius 3 is 2.59 bits per heavy atom. The number of carbonyl (C=O) groups is 2. The molecule has 2 N–H and O–H groups in total. The van der Waals surface area contributed by atoms with Gasteiger partial charge in [-0.3, -0.25) is 9.59 Å². The van der Waals surface area contributed by atoms with Gasteiger partial charge in [0.1, 0.15) is 5.40 Å². The number of aliphatic carboxylic acids is 1. The zero-order chi connectivity index (χ0) is 16.1. The van der Waals surface area contributed by atoms with Crippen LogP contribution in [0.4, 0.5) is 5.69 Å². The van der Waals surface area contributed by atoms with E-state index in [1.54, 1.807) is 24.3 Å². The van der Waals surface area contributed by atoms with Crippen molar-refractivity contribution in [1.82, 2.24) is 0 Å². The molecule has 1 amide bonds. The van der Waals surface area contributed by atoms with E-state index < -0.39 is 17.8 Å². The van der Waals surface area contributed by atoms with E-state index in [9.17, 15) is 14.7 Å². The molecule has 2 atom stereocenters. The van der Waals surface area contributed by atoms with Crippen LogP contribution >= 0.6 is 23.4 Å². The summed E-state index contributed by atoms with van der Waals surface area (Å²) < 4.78 is 0. The van der Waals surface area contributed by atoms with Crippen molar-refractivity contribution < 1.29 is 14.7 Å². The Morgan fingerprint density at radius 2 is 2.00 bits per heavy atom. The molecule has 0 saturated carbocycles. The third kappa shape index (κ3) is 3.81. The number of hydrogen-bond acceptors (Lipinski definition) is 4. The minimum absolute atomic E-state index is 0.312. The van der Waals surface area contributed by atoms with E-state index in [0.717, 1.165) is 11.8 Å². The summed E-state index contributed by atoms with van der Waals surface area (Å²) in [7, 11) is 0. The maximum absolute atomic E-state index is 12.3. The summed E-state index contributed by atoms with van der Waals surface area (Å²) in [6, 6.07) is 4.86.